The predicted molar refractivity (Wildman–Crippen MR) is 209 cm³/mol. The quantitative estimate of drug-likeness (QED) is 0.191. The highest BCUT2D eigenvalue weighted by Crippen LogP contribution is 2.52. The first kappa shape index (κ1) is 28.8. The summed E-state index contributed by atoms with van der Waals surface area (Å²) in [6.07, 6.45) is 16.7. The number of allylic oxidation sites excluding steroid dienone is 6. The van der Waals surface area contributed by atoms with Crippen molar-refractivity contribution in [3.05, 3.63) is 191 Å². The van der Waals surface area contributed by atoms with Crippen LogP contribution in [0.15, 0.2) is 168 Å². The van der Waals surface area contributed by atoms with Crippen LogP contribution in [0.4, 0.5) is 11.4 Å². The molecule has 2 aliphatic heterocycles. The van der Waals surface area contributed by atoms with Crippen molar-refractivity contribution < 1.29 is 0 Å². The number of hydrogen-bond acceptors (Lipinski definition) is 2. The summed E-state index contributed by atoms with van der Waals surface area (Å²) in [5.74, 6) is 0.893. The lowest BCUT2D eigenvalue weighted by atomic mass is 9.75. The molecule has 3 heterocycles. The van der Waals surface area contributed by atoms with Gasteiger partial charge in [-0.3, -0.25) is 0 Å². The summed E-state index contributed by atoms with van der Waals surface area (Å²) in [7, 11) is 0. The van der Waals surface area contributed by atoms with Gasteiger partial charge < -0.3 is 14.8 Å². The number of fused-ring (bicyclic) bond motifs is 9. The van der Waals surface area contributed by atoms with Gasteiger partial charge in [0.15, 0.2) is 0 Å². The Labute approximate surface area is 299 Å². The molecule has 0 amide bonds. The molecule has 6 aromatic rings. The second-order valence-corrected chi connectivity index (χ2v) is 14.7. The summed E-state index contributed by atoms with van der Waals surface area (Å²) in [6.45, 7) is 0. The summed E-state index contributed by atoms with van der Waals surface area (Å²) >= 11 is 0. The number of hydrogen-bond donors (Lipinski definition) is 1. The maximum Gasteiger partial charge on any atom is 0.0555 e. The van der Waals surface area contributed by atoms with E-state index in [4.69, 9.17) is 0 Å². The second-order valence-electron chi connectivity index (χ2n) is 14.7. The number of para-hydroxylation sites is 3. The van der Waals surface area contributed by atoms with Gasteiger partial charge in [0, 0.05) is 51.8 Å². The van der Waals surface area contributed by atoms with Crippen molar-refractivity contribution in [2.75, 3.05) is 4.90 Å². The number of nitrogens with zero attached hydrogens (tertiary/aromatic N) is 2. The molecule has 3 heteroatoms. The van der Waals surface area contributed by atoms with Crippen molar-refractivity contribution in [3.63, 3.8) is 0 Å². The molecule has 244 valence electrons. The number of anilines is 2. The van der Waals surface area contributed by atoms with Crippen LogP contribution in [0.5, 0.6) is 0 Å². The molecule has 0 radical (unpaired) electrons. The fourth-order valence-electron chi connectivity index (χ4n) is 9.66. The molecule has 11 rings (SSSR count). The third-order valence-corrected chi connectivity index (χ3v) is 12.0. The van der Waals surface area contributed by atoms with E-state index in [2.05, 4.69) is 173 Å². The molecular formula is C48H37N3. The van der Waals surface area contributed by atoms with E-state index >= 15 is 0 Å². The molecule has 1 aromatic heterocycles. The summed E-state index contributed by atoms with van der Waals surface area (Å²) in [5, 5.41) is 6.47. The van der Waals surface area contributed by atoms with Crippen molar-refractivity contribution in [2.45, 2.75) is 43.7 Å². The molecule has 4 atom stereocenters. The lowest BCUT2D eigenvalue weighted by Gasteiger charge is -2.35. The molecule has 3 nitrogen and oxygen atoms in total. The van der Waals surface area contributed by atoms with Crippen LogP contribution in [0.2, 0.25) is 0 Å². The van der Waals surface area contributed by atoms with Crippen LogP contribution in [0, 0.1) is 18.1 Å². The third-order valence-electron chi connectivity index (χ3n) is 12.0. The Kier molecular flexibility index (Phi) is 6.37. The van der Waals surface area contributed by atoms with Crippen molar-refractivity contribution >= 4 is 38.8 Å². The van der Waals surface area contributed by atoms with E-state index in [1.165, 1.54) is 72.4 Å². The highest BCUT2D eigenvalue weighted by molar-refractivity contribution is 6.10. The van der Waals surface area contributed by atoms with Crippen LogP contribution >= 0.6 is 0 Å². The predicted octanol–water partition coefficient (Wildman–Crippen LogP) is 10.9. The van der Waals surface area contributed by atoms with Crippen LogP contribution in [0.25, 0.3) is 33.1 Å². The SMILES string of the molecule is c1cc2c(cc#1)N(c1ccccc1)C1CC=C(C3C=C4C(=CC3)NC3CC=C(c5ccc6c(c5)c5ccccc5n6-c5ccccc5)C=C43)CC21. The van der Waals surface area contributed by atoms with Crippen molar-refractivity contribution in [2.24, 2.45) is 5.92 Å². The van der Waals surface area contributed by atoms with Crippen LogP contribution in [0.1, 0.15) is 42.7 Å². The minimum Gasteiger partial charge on any atom is -0.378 e. The first-order chi connectivity index (χ1) is 25.3. The van der Waals surface area contributed by atoms with Crippen molar-refractivity contribution in [3.8, 4) is 5.69 Å². The van der Waals surface area contributed by atoms with Crippen LogP contribution in [0.3, 0.4) is 0 Å². The zero-order chi connectivity index (χ0) is 33.5. The van der Waals surface area contributed by atoms with E-state index in [-0.39, 0.29) is 0 Å². The van der Waals surface area contributed by atoms with Gasteiger partial charge in [0.05, 0.1) is 22.8 Å². The standard InChI is InChI=1S/C48H37N3/c1-3-11-35(12-4-1)50-45-17-9-7-15-37(45)41-29-33(21-25-47(41)50)31-19-23-43-39(27-31)40-28-32(20-24-44(40)49-43)34-22-26-48-42(30-34)38-16-8-10-18-46(38)51(48)36-13-5-2-6-14-36/h1-7,9,11-19,21-22,24-25,27-29,32,42-43,48-49H,20,23,26,30H2. The molecule has 1 fully saturated rings. The molecule has 3 aliphatic carbocycles. The molecule has 0 bridgehead atoms. The largest absolute Gasteiger partial charge is 0.378 e. The van der Waals surface area contributed by atoms with E-state index in [0.717, 1.165) is 25.7 Å². The van der Waals surface area contributed by atoms with E-state index in [1.54, 1.807) is 5.57 Å². The molecule has 51 heavy (non-hydrogen) atoms. The fraction of sp³-hybridized carbons (Fsp3) is 0.167. The molecule has 0 saturated carbocycles. The maximum absolute atomic E-state index is 3.88. The Morgan fingerprint density at radius 2 is 1.47 bits per heavy atom. The molecule has 5 aromatic carbocycles. The average molecular weight is 656 g/mol. The monoisotopic (exact) mass is 655 g/mol. The first-order valence-electron chi connectivity index (χ1n) is 18.4. The van der Waals surface area contributed by atoms with Gasteiger partial charge in [-0.25, -0.2) is 0 Å². The van der Waals surface area contributed by atoms with Gasteiger partial charge in [0.2, 0.25) is 0 Å². The Hall–Kier alpha value is -5.98. The zero-order valence-electron chi connectivity index (χ0n) is 28.4. The Morgan fingerprint density at radius 1 is 0.686 bits per heavy atom. The third kappa shape index (κ3) is 4.46. The van der Waals surface area contributed by atoms with Crippen molar-refractivity contribution in [1.29, 1.82) is 0 Å². The number of aromatic nitrogens is 1. The van der Waals surface area contributed by atoms with Gasteiger partial charge in [-0.1, -0.05) is 103 Å². The lowest BCUT2D eigenvalue weighted by molar-refractivity contribution is 0.503. The minimum absolute atomic E-state index is 0.339. The zero-order valence-corrected chi connectivity index (χ0v) is 28.4. The van der Waals surface area contributed by atoms with Crippen molar-refractivity contribution in [1.82, 2.24) is 9.88 Å². The molecule has 1 N–H and O–H groups in total. The van der Waals surface area contributed by atoms with Gasteiger partial charge in [-0.05, 0) is 108 Å². The highest BCUT2D eigenvalue weighted by Gasteiger charge is 2.42. The summed E-state index contributed by atoms with van der Waals surface area (Å²) in [6, 6.07) is 49.1. The van der Waals surface area contributed by atoms with Gasteiger partial charge in [-0.2, -0.15) is 0 Å². The summed E-state index contributed by atoms with van der Waals surface area (Å²) < 4.78 is 2.39. The normalized spacial score (nSPS) is 23.1. The van der Waals surface area contributed by atoms with Gasteiger partial charge in [0.25, 0.3) is 0 Å². The Balaban J connectivity index is 0.921. The highest BCUT2D eigenvalue weighted by atomic mass is 15.2. The first-order valence-corrected chi connectivity index (χ1v) is 18.4. The molecular weight excluding hydrogens is 619 g/mol. The fourth-order valence-corrected chi connectivity index (χ4v) is 9.66. The van der Waals surface area contributed by atoms with Gasteiger partial charge in [-0.15, -0.1) is 0 Å². The average Bonchev–Trinajstić information content (AvgIpc) is 3.85. The Bertz CT molecular complexity index is 2530. The van der Waals surface area contributed by atoms with Crippen LogP contribution in [-0.4, -0.2) is 16.7 Å². The summed E-state index contributed by atoms with van der Waals surface area (Å²) in [4.78, 5) is 2.55. The van der Waals surface area contributed by atoms with Crippen LogP contribution in [-0.2, 0) is 0 Å². The van der Waals surface area contributed by atoms with Gasteiger partial charge >= 0.3 is 0 Å². The molecule has 5 aliphatic rings. The van der Waals surface area contributed by atoms with Gasteiger partial charge in [0.1, 0.15) is 0 Å². The molecule has 4 unspecified atom stereocenters. The van der Waals surface area contributed by atoms with E-state index in [1.807, 2.05) is 0 Å². The number of rotatable bonds is 4. The number of benzene rings is 4. The number of nitrogens with one attached hydrogen (secondary N) is 1. The van der Waals surface area contributed by atoms with E-state index in [9.17, 15) is 0 Å². The Morgan fingerprint density at radius 3 is 2.35 bits per heavy atom. The topological polar surface area (TPSA) is 20.2 Å². The van der Waals surface area contributed by atoms with E-state index in [0.29, 0.717) is 23.9 Å². The molecule has 1 saturated heterocycles. The minimum atomic E-state index is 0.339. The second kappa shape index (κ2) is 11.3. The maximum atomic E-state index is 3.88. The lowest BCUT2D eigenvalue weighted by Crippen LogP contribution is -2.32. The summed E-state index contributed by atoms with van der Waals surface area (Å²) in [5.41, 5.74) is 16.0. The van der Waals surface area contributed by atoms with Crippen LogP contribution < -0.4 is 10.2 Å². The molecule has 0 spiro atoms. The van der Waals surface area contributed by atoms with E-state index < -0.39 is 0 Å². The smallest absolute Gasteiger partial charge is 0.0555 e.